The van der Waals surface area contributed by atoms with Crippen molar-refractivity contribution in [2.24, 2.45) is 0 Å². The van der Waals surface area contributed by atoms with E-state index >= 15 is 0 Å². The maximum absolute atomic E-state index is 12.6. The third-order valence-electron chi connectivity index (χ3n) is 3.35. The summed E-state index contributed by atoms with van der Waals surface area (Å²) in [6.45, 7) is 3.85. The zero-order valence-corrected chi connectivity index (χ0v) is 13.1. The molecule has 7 heteroatoms. The largest absolute Gasteiger partial charge is 0.285 e. The number of fused-ring (bicyclic) bond motifs is 1. The van der Waals surface area contributed by atoms with Crippen LogP contribution >= 0.6 is 0 Å². The third-order valence-corrected chi connectivity index (χ3v) is 4.75. The Labute approximate surface area is 128 Å². The highest BCUT2D eigenvalue weighted by Crippen LogP contribution is 2.20. The van der Waals surface area contributed by atoms with Gasteiger partial charge in [0.05, 0.1) is 0 Å². The smallest absolute Gasteiger partial charge is 0.265 e. The Bertz CT molecular complexity index is 932. The normalized spacial score (nSPS) is 11.7. The Morgan fingerprint density at radius 1 is 1.18 bits per heavy atom. The van der Waals surface area contributed by atoms with E-state index in [1.807, 2.05) is 19.9 Å². The first kappa shape index (κ1) is 14.5. The maximum atomic E-state index is 12.6. The Morgan fingerprint density at radius 3 is 2.73 bits per heavy atom. The first-order chi connectivity index (χ1) is 10.5. The summed E-state index contributed by atoms with van der Waals surface area (Å²) in [5.41, 5.74) is 1.84. The van der Waals surface area contributed by atoms with Gasteiger partial charge in [-0.1, -0.05) is 19.1 Å². The van der Waals surface area contributed by atoms with Crippen molar-refractivity contribution in [2.75, 3.05) is 4.72 Å². The minimum atomic E-state index is -3.72. The van der Waals surface area contributed by atoms with Crippen LogP contribution in [0.1, 0.15) is 18.3 Å². The van der Waals surface area contributed by atoms with Crippen molar-refractivity contribution in [3.8, 4) is 0 Å². The van der Waals surface area contributed by atoms with Crippen LogP contribution < -0.4 is 4.72 Å². The van der Waals surface area contributed by atoms with E-state index in [0.29, 0.717) is 17.8 Å². The van der Waals surface area contributed by atoms with Crippen molar-refractivity contribution in [1.82, 2.24) is 14.6 Å². The molecule has 2 heterocycles. The van der Waals surface area contributed by atoms with Crippen LogP contribution in [0.5, 0.6) is 0 Å². The lowest BCUT2D eigenvalue weighted by Crippen LogP contribution is -2.14. The van der Waals surface area contributed by atoms with Crippen molar-refractivity contribution in [3.63, 3.8) is 0 Å². The number of hydrogen-bond donors (Lipinski definition) is 1. The fourth-order valence-electron chi connectivity index (χ4n) is 2.31. The molecule has 22 heavy (non-hydrogen) atoms. The number of nitrogens with zero attached hydrogens (tertiary/aromatic N) is 3. The molecule has 0 aliphatic carbocycles. The van der Waals surface area contributed by atoms with E-state index < -0.39 is 10.0 Å². The van der Waals surface area contributed by atoms with Crippen LogP contribution in [-0.4, -0.2) is 23.0 Å². The first-order valence-electron chi connectivity index (χ1n) is 6.93. The Hall–Kier alpha value is -2.41. The highest BCUT2D eigenvalue weighted by Gasteiger charge is 2.20. The lowest BCUT2D eigenvalue weighted by atomic mass is 10.2. The molecule has 1 aromatic carbocycles. The molecule has 0 aliphatic rings. The second kappa shape index (κ2) is 5.42. The highest BCUT2D eigenvalue weighted by atomic mass is 32.2. The van der Waals surface area contributed by atoms with Crippen molar-refractivity contribution in [3.05, 3.63) is 54.0 Å². The number of rotatable bonds is 4. The van der Waals surface area contributed by atoms with E-state index in [2.05, 4.69) is 14.9 Å². The summed E-state index contributed by atoms with van der Waals surface area (Å²) in [6, 6.07) is 10.4. The molecule has 3 aromatic rings. The van der Waals surface area contributed by atoms with E-state index in [9.17, 15) is 8.42 Å². The lowest BCUT2D eigenvalue weighted by molar-refractivity contribution is 0.601. The Kier molecular flexibility index (Phi) is 3.58. The minimum Gasteiger partial charge on any atom is -0.285 e. The average Bonchev–Trinajstić information content (AvgIpc) is 2.89. The van der Waals surface area contributed by atoms with Crippen LogP contribution in [0.2, 0.25) is 0 Å². The minimum absolute atomic E-state index is 0.115. The van der Waals surface area contributed by atoms with Crippen molar-refractivity contribution >= 4 is 21.4 Å². The van der Waals surface area contributed by atoms with Gasteiger partial charge in [0.2, 0.25) is 0 Å². The summed E-state index contributed by atoms with van der Waals surface area (Å²) in [7, 11) is -3.72. The summed E-state index contributed by atoms with van der Waals surface area (Å²) in [5.74, 6) is 0.725. The number of hydrogen-bond acceptors (Lipinski definition) is 4. The monoisotopic (exact) mass is 316 g/mol. The molecule has 1 N–H and O–H groups in total. The molecule has 0 aliphatic heterocycles. The van der Waals surface area contributed by atoms with Gasteiger partial charge >= 0.3 is 0 Å². The topological polar surface area (TPSA) is 76.4 Å². The van der Waals surface area contributed by atoms with Gasteiger partial charge in [-0.05, 0) is 36.8 Å². The Morgan fingerprint density at radius 2 is 2.00 bits per heavy atom. The number of benzene rings is 1. The number of anilines is 1. The van der Waals surface area contributed by atoms with Gasteiger partial charge in [0.1, 0.15) is 10.7 Å². The van der Waals surface area contributed by atoms with Crippen LogP contribution in [0.3, 0.4) is 0 Å². The van der Waals surface area contributed by atoms with E-state index in [4.69, 9.17) is 0 Å². The second-order valence-corrected chi connectivity index (χ2v) is 6.66. The van der Waals surface area contributed by atoms with E-state index in [1.165, 1.54) is 6.07 Å². The van der Waals surface area contributed by atoms with Crippen LogP contribution in [0.25, 0.3) is 5.65 Å². The van der Waals surface area contributed by atoms with Gasteiger partial charge in [0.25, 0.3) is 10.0 Å². The molecule has 0 radical (unpaired) electrons. The van der Waals surface area contributed by atoms with Gasteiger partial charge < -0.3 is 0 Å². The van der Waals surface area contributed by atoms with E-state index in [1.54, 1.807) is 34.9 Å². The second-order valence-electron chi connectivity index (χ2n) is 5.01. The molecule has 0 saturated heterocycles. The summed E-state index contributed by atoms with van der Waals surface area (Å²) in [5, 5.41) is 8.04. The number of aromatic nitrogens is 3. The van der Waals surface area contributed by atoms with Crippen LogP contribution in [0.4, 0.5) is 5.69 Å². The van der Waals surface area contributed by atoms with Crippen LogP contribution in [-0.2, 0) is 16.4 Å². The molecule has 0 unspecified atom stereocenters. The molecule has 0 atom stereocenters. The Balaban J connectivity index is 2.08. The summed E-state index contributed by atoms with van der Waals surface area (Å²) in [4.78, 5) is 0.115. The van der Waals surface area contributed by atoms with Gasteiger partial charge in [0.15, 0.2) is 5.65 Å². The molecule has 0 spiro atoms. The van der Waals surface area contributed by atoms with Crippen LogP contribution in [0, 0.1) is 6.92 Å². The van der Waals surface area contributed by atoms with Gasteiger partial charge in [-0.3, -0.25) is 9.12 Å². The van der Waals surface area contributed by atoms with Crippen molar-refractivity contribution in [1.29, 1.82) is 0 Å². The zero-order valence-electron chi connectivity index (χ0n) is 12.3. The molecular formula is C15H16N4O2S. The van der Waals surface area contributed by atoms with Gasteiger partial charge in [-0.15, -0.1) is 10.2 Å². The van der Waals surface area contributed by atoms with Crippen molar-refractivity contribution < 1.29 is 8.42 Å². The molecule has 0 bridgehead atoms. The number of aryl methyl sites for hydroxylation is 2. The standard InChI is InChI=1S/C15H16N4O2S/c1-3-14-16-17-15-13(8-5-9-19(14)15)22(20,21)18-12-7-4-6-11(2)10-12/h4-10,18H,3H2,1-2H3. The van der Waals surface area contributed by atoms with E-state index in [0.717, 1.165) is 11.4 Å². The molecule has 0 fully saturated rings. The van der Waals surface area contributed by atoms with Crippen molar-refractivity contribution in [2.45, 2.75) is 25.2 Å². The summed E-state index contributed by atoms with van der Waals surface area (Å²) >= 11 is 0. The third kappa shape index (κ3) is 2.55. The van der Waals surface area contributed by atoms with Gasteiger partial charge in [-0.2, -0.15) is 0 Å². The average molecular weight is 316 g/mol. The SMILES string of the molecule is CCc1nnc2c(S(=O)(=O)Nc3cccc(C)c3)cccn12. The molecule has 114 valence electrons. The number of pyridine rings is 1. The zero-order chi connectivity index (χ0) is 15.7. The quantitative estimate of drug-likeness (QED) is 0.802. The predicted octanol–water partition coefficient (Wildman–Crippen LogP) is 2.40. The van der Waals surface area contributed by atoms with Gasteiger partial charge in [0, 0.05) is 18.3 Å². The molecule has 3 rings (SSSR count). The predicted molar refractivity (Wildman–Crippen MR) is 84.4 cm³/mol. The summed E-state index contributed by atoms with van der Waals surface area (Å²) < 4.78 is 29.5. The van der Waals surface area contributed by atoms with E-state index in [-0.39, 0.29) is 4.90 Å². The fourth-order valence-corrected chi connectivity index (χ4v) is 3.49. The molecule has 2 aromatic heterocycles. The maximum Gasteiger partial charge on any atom is 0.265 e. The van der Waals surface area contributed by atoms with Gasteiger partial charge in [-0.25, -0.2) is 8.42 Å². The fraction of sp³-hybridized carbons (Fsp3) is 0.200. The number of nitrogens with one attached hydrogen (secondary N) is 1. The number of sulfonamides is 1. The molecule has 6 nitrogen and oxygen atoms in total. The highest BCUT2D eigenvalue weighted by molar-refractivity contribution is 7.93. The molecule has 0 amide bonds. The molecule has 0 saturated carbocycles. The lowest BCUT2D eigenvalue weighted by Gasteiger charge is -2.09. The van der Waals surface area contributed by atoms with Crippen LogP contribution in [0.15, 0.2) is 47.5 Å². The first-order valence-corrected chi connectivity index (χ1v) is 8.41. The summed E-state index contributed by atoms with van der Waals surface area (Å²) in [6.07, 6.45) is 2.44. The molecular weight excluding hydrogens is 300 g/mol.